The van der Waals surface area contributed by atoms with E-state index in [0.717, 1.165) is 15.6 Å². The maximum Gasteiger partial charge on any atom is 0.318 e. The summed E-state index contributed by atoms with van der Waals surface area (Å²) in [4.78, 5) is 23.3. The lowest BCUT2D eigenvalue weighted by Gasteiger charge is -2.13. The molecule has 19 heavy (non-hydrogen) atoms. The third kappa shape index (κ3) is 4.35. The Hall–Kier alpha value is -1.36. The van der Waals surface area contributed by atoms with Crippen LogP contribution in [-0.2, 0) is 20.9 Å². The number of nitrogens with one attached hydrogen (secondary N) is 1. The molecule has 5 heteroatoms. The smallest absolute Gasteiger partial charge is 0.318 e. The molecule has 0 aliphatic carbocycles. The average Bonchev–Trinajstić information content (AvgIpc) is 2.40. The van der Waals surface area contributed by atoms with Gasteiger partial charge in [0.05, 0.1) is 7.11 Å². The molecule has 1 unspecified atom stereocenters. The van der Waals surface area contributed by atoms with Crippen molar-refractivity contribution >= 4 is 27.8 Å². The van der Waals surface area contributed by atoms with Crippen LogP contribution in [-0.4, -0.2) is 19.0 Å². The van der Waals surface area contributed by atoms with Gasteiger partial charge in [-0.05, 0) is 36.6 Å². The van der Waals surface area contributed by atoms with E-state index in [4.69, 9.17) is 0 Å². The molecular formula is C14H18BrNO3. The minimum Gasteiger partial charge on any atom is -0.468 e. The molecule has 104 valence electrons. The van der Waals surface area contributed by atoms with Crippen molar-refractivity contribution in [3.8, 4) is 0 Å². The molecule has 0 heterocycles. The van der Waals surface area contributed by atoms with E-state index < -0.39 is 11.9 Å². The topological polar surface area (TPSA) is 55.4 Å². The Labute approximate surface area is 121 Å². The van der Waals surface area contributed by atoms with Crippen molar-refractivity contribution in [2.75, 3.05) is 7.11 Å². The van der Waals surface area contributed by atoms with Crippen LogP contribution in [0.3, 0.4) is 0 Å². The molecule has 0 radical (unpaired) electrons. The minimum absolute atomic E-state index is 0.297. The first-order chi connectivity index (χ1) is 8.99. The molecule has 1 N–H and O–H groups in total. The van der Waals surface area contributed by atoms with Gasteiger partial charge in [0.2, 0.25) is 5.91 Å². The number of hydrogen-bond donors (Lipinski definition) is 1. The summed E-state index contributed by atoms with van der Waals surface area (Å²) in [6, 6.07) is 5.88. The Morgan fingerprint density at radius 1 is 1.42 bits per heavy atom. The lowest BCUT2D eigenvalue weighted by atomic mass is 10.1. The van der Waals surface area contributed by atoms with Crippen LogP contribution in [0.15, 0.2) is 22.7 Å². The Morgan fingerprint density at radius 2 is 2.11 bits per heavy atom. The van der Waals surface area contributed by atoms with Gasteiger partial charge in [0.1, 0.15) is 5.92 Å². The summed E-state index contributed by atoms with van der Waals surface area (Å²) < 4.78 is 5.57. The molecular weight excluding hydrogens is 310 g/mol. The van der Waals surface area contributed by atoms with E-state index in [9.17, 15) is 9.59 Å². The molecule has 0 spiro atoms. The number of amides is 1. The maximum atomic E-state index is 11.9. The van der Waals surface area contributed by atoms with Gasteiger partial charge in [-0.1, -0.05) is 28.9 Å². The van der Waals surface area contributed by atoms with Crippen LogP contribution in [0.5, 0.6) is 0 Å². The normalized spacial score (nSPS) is 11.8. The standard InChI is InChI=1S/C14H18BrNO3/c1-4-12(14(18)19-3)13(17)16-8-10-7-11(15)6-5-9(10)2/h5-7,12H,4,8H2,1-3H3,(H,16,17). The summed E-state index contributed by atoms with van der Waals surface area (Å²) in [7, 11) is 1.29. The minimum atomic E-state index is -0.738. The first-order valence-corrected chi connectivity index (χ1v) is 6.89. The average molecular weight is 328 g/mol. The van der Waals surface area contributed by atoms with Gasteiger partial charge < -0.3 is 10.1 Å². The number of hydrogen-bond acceptors (Lipinski definition) is 3. The summed E-state index contributed by atoms with van der Waals surface area (Å²) in [6.45, 7) is 4.16. The summed E-state index contributed by atoms with van der Waals surface area (Å²) in [5.74, 6) is -1.53. The van der Waals surface area contributed by atoms with Crippen molar-refractivity contribution < 1.29 is 14.3 Å². The number of carbonyl (C=O) groups excluding carboxylic acids is 2. The lowest BCUT2D eigenvalue weighted by Crippen LogP contribution is -2.35. The van der Waals surface area contributed by atoms with Crippen LogP contribution in [0, 0.1) is 12.8 Å². The molecule has 1 aromatic rings. The molecule has 0 aromatic heterocycles. The summed E-state index contributed by atoms with van der Waals surface area (Å²) >= 11 is 3.39. The zero-order chi connectivity index (χ0) is 14.4. The highest BCUT2D eigenvalue weighted by Gasteiger charge is 2.25. The molecule has 1 amide bonds. The third-order valence-corrected chi connectivity index (χ3v) is 3.47. The number of benzene rings is 1. The fraction of sp³-hybridized carbons (Fsp3) is 0.429. The van der Waals surface area contributed by atoms with Crippen LogP contribution in [0.25, 0.3) is 0 Å². The van der Waals surface area contributed by atoms with Crippen LogP contribution in [0.2, 0.25) is 0 Å². The van der Waals surface area contributed by atoms with Gasteiger partial charge in [0.25, 0.3) is 0 Å². The highest BCUT2D eigenvalue weighted by molar-refractivity contribution is 9.10. The van der Waals surface area contributed by atoms with Gasteiger partial charge >= 0.3 is 5.97 Å². The fourth-order valence-electron chi connectivity index (χ4n) is 1.74. The molecule has 0 aliphatic rings. The first kappa shape index (κ1) is 15.7. The highest BCUT2D eigenvalue weighted by Crippen LogP contribution is 2.16. The third-order valence-electron chi connectivity index (χ3n) is 2.97. The zero-order valence-electron chi connectivity index (χ0n) is 11.3. The zero-order valence-corrected chi connectivity index (χ0v) is 12.9. The molecule has 1 aromatic carbocycles. The Bertz CT molecular complexity index is 474. The molecule has 4 nitrogen and oxygen atoms in total. The van der Waals surface area contributed by atoms with Crippen molar-refractivity contribution in [3.63, 3.8) is 0 Å². The Balaban J connectivity index is 2.67. The van der Waals surface area contributed by atoms with Gasteiger partial charge in [-0.2, -0.15) is 0 Å². The van der Waals surface area contributed by atoms with Crippen molar-refractivity contribution in [1.29, 1.82) is 0 Å². The van der Waals surface area contributed by atoms with E-state index >= 15 is 0 Å². The second kappa shape index (κ2) is 7.28. The van der Waals surface area contributed by atoms with Crippen LogP contribution >= 0.6 is 15.9 Å². The van der Waals surface area contributed by atoms with E-state index in [1.807, 2.05) is 25.1 Å². The number of aryl methyl sites for hydroxylation is 1. The number of methoxy groups -OCH3 is 1. The molecule has 0 saturated heterocycles. The fourth-order valence-corrected chi connectivity index (χ4v) is 2.15. The van der Waals surface area contributed by atoms with Crippen molar-refractivity contribution in [3.05, 3.63) is 33.8 Å². The number of carbonyl (C=O) groups is 2. The highest BCUT2D eigenvalue weighted by atomic mass is 79.9. The van der Waals surface area contributed by atoms with Gasteiger partial charge in [0, 0.05) is 11.0 Å². The molecule has 0 saturated carbocycles. The largest absolute Gasteiger partial charge is 0.468 e. The second-order valence-electron chi connectivity index (χ2n) is 4.27. The summed E-state index contributed by atoms with van der Waals surface area (Å²) in [5.41, 5.74) is 2.11. The number of ether oxygens (including phenoxy) is 1. The van der Waals surface area contributed by atoms with E-state index in [1.54, 1.807) is 6.92 Å². The monoisotopic (exact) mass is 327 g/mol. The first-order valence-electron chi connectivity index (χ1n) is 6.10. The van der Waals surface area contributed by atoms with Crippen LogP contribution in [0.1, 0.15) is 24.5 Å². The predicted octanol–water partition coefficient (Wildman–Crippen LogP) is 2.57. The lowest BCUT2D eigenvalue weighted by molar-refractivity contribution is -0.150. The van der Waals surface area contributed by atoms with Crippen molar-refractivity contribution in [2.45, 2.75) is 26.8 Å². The number of halogens is 1. The summed E-state index contributed by atoms with van der Waals surface area (Å²) in [5, 5.41) is 2.77. The SMILES string of the molecule is CCC(C(=O)NCc1cc(Br)ccc1C)C(=O)OC. The maximum absolute atomic E-state index is 11.9. The summed E-state index contributed by atoms with van der Waals surface area (Å²) in [6.07, 6.45) is 0.427. The van der Waals surface area contributed by atoms with Crippen LogP contribution in [0.4, 0.5) is 0 Å². The molecule has 1 atom stereocenters. The second-order valence-corrected chi connectivity index (χ2v) is 5.19. The Kier molecular flexibility index (Phi) is 6.02. The van der Waals surface area contributed by atoms with E-state index in [2.05, 4.69) is 26.0 Å². The van der Waals surface area contributed by atoms with E-state index in [-0.39, 0.29) is 5.91 Å². The Morgan fingerprint density at radius 3 is 2.68 bits per heavy atom. The van der Waals surface area contributed by atoms with Gasteiger partial charge in [0.15, 0.2) is 0 Å². The molecule has 0 aliphatic heterocycles. The van der Waals surface area contributed by atoms with Crippen molar-refractivity contribution in [1.82, 2.24) is 5.32 Å². The predicted molar refractivity (Wildman–Crippen MR) is 76.5 cm³/mol. The van der Waals surface area contributed by atoms with Gasteiger partial charge in [-0.3, -0.25) is 9.59 Å². The molecule has 0 fully saturated rings. The molecule has 1 rings (SSSR count). The number of rotatable bonds is 5. The van der Waals surface area contributed by atoms with Gasteiger partial charge in [-0.25, -0.2) is 0 Å². The number of esters is 1. The van der Waals surface area contributed by atoms with E-state index in [0.29, 0.717) is 13.0 Å². The van der Waals surface area contributed by atoms with E-state index in [1.165, 1.54) is 7.11 Å². The van der Waals surface area contributed by atoms with Gasteiger partial charge in [-0.15, -0.1) is 0 Å². The quantitative estimate of drug-likeness (QED) is 0.668. The van der Waals surface area contributed by atoms with Crippen molar-refractivity contribution in [2.24, 2.45) is 5.92 Å². The van der Waals surface area contributed by atoms with Crippen LogP contribution < -0.4 is 5.32 Å². The molecule has 0 bridgehead atoms.